The first kappa shape index (κ1) is 8.81. The van der Waals surface area contributed by atoms with Gasteiger partial charge in [-0.15, -0.1) is 0 Å². The van der Waals surface area contributed by atoms with Crippen LogP contribution in [0, 0.1) is 0 Å². The Morgan fingerprint density at radius 3 is 2.86 bits per heavy atom. The summed E-state index contributed by atoms with van der Waals surface area (Å²) in [7, 11) is 0. The lowest BCUT2D eigenvalue weighted by Gasteiger charge is -2.04. The molecule has 3 N–H and O–H groups in total. The number of benzene rings is 1. The van der Waals surface area contributed by atoms with Gasteiger partial charge < -0.3 is 10.7 Å². The lowest BCUT2D eigenvalue weighted by Crippen LogP contribution is -2.18. The molecule has 0 fully saturated rings. The maximum absolute atomic E-state index is 11.0. The zero-order valence-electron chi connectivity index (χ0n) is 7.95. The van der Waals surface area contributed by atoms with Crippen molar-refractivity contribution in [1.29, 1.82) is 0 Å². The molecule has 1 heterocycles. The molecule has 3 nitrogen and oxygen atoms in total. The zero-order chi connectivity index (χ0) is 10.1. The summed E-state index contributed by atoms with van der Waals surface area (Å²) >= 11 is 0. The minimum Gasteiger partial charge on any atom is -0.369 e. The first-order valence-corrected chi connectivity index (χ1v) is 4.55. The van der Waals surface area contributed by atoms with Crippen LogP contribution < -0.4 is 5.73 Å². The van der Waals surface area contributed by atoms with Gasteiger partial charge in [-0.3, -0.25) is 4.79 Å². The Morgan fingerprint density at radius 2 is 2.14 bits per heavy atom. The number of carbonyl (C=O) groups excluding carboxylic acids is 1. The summed E-state index contributed by atoms with van der Waals surface area (Å²) in [5.74, 6) is -0.541. The van der Waals surface area contributed by atoms with Crippen LogP contribution in [0.2, 0.25) is 0 Å². The molecular formula is C11H12N2O. The zero-order valence-corrected chi connectivity index (χ0v) is 7.95. The van der Waals surface area contributed by atoms with Gasteiger partial charge in [-0.2, -0.15) is 0 Å². The van der Waals surface area contributed by atoms with Gasteiger partial charge in [0, 0.05) is 17.1 Å². The van der Waals surface area contributed by atoms with E-state index in [-0.39, 0.29) is 11.8 Å². The molecule has 0 spiro atoms. The van der Waals surface area contributed by atoms with Crippen LogP contribution in [0.1, 0.15) is 18.4 Å². The Labute approximate surface area is 81.9 Å². The van der Waals surface area contributed by atoms with E-state index < -0.39 is 0 Å². The lowest BCUT2D eigenvalue weighted by molar-refractivity contribution is -0.119. The van der Waals surface area contributed by atoms with E-state index in [4.69, 9.17) is 5.73 Å². The minimum absolute atomic E-state index is 0.244. The van der Waals surface area contributed by atoms with E-state index in [1.807, 2.05) is 37.4 Å². The van der Waals surface area contributed by atoms with Gasteiger partial charge >= 0.3 is 0 Å². The molecule has 0 saturated carbocycles. The first-order valence-electron chi connectivity index (χ1n) is 4.55. The van der Waals surface area contributed by atoms with Gasteiger partial charge in [0.2, 0.25) is 5.91 Å². The van der Waals surface area contributed by atoms with Crippen molar-refractivity contribution in [1.82, 2.24) is 4.98 Å². The van der Waals surface area contributed by atoms with Crippen molar-refractivity contribution < 1.29 is 4.79 Å². The molecule has 0 aliphatic rings. The van der Waals surface area contributed by atoms with Gasteiger partial charge in [0.15, 0.2) is 0 Å². The minimum atomic E-state index is -0.297. The second-order valence-electron chi connectivity index (χ2n) is 3.41. The Morgan fingerprint density at radius 1 is 1.43 bits per heavy atom. The highest BCUT2D eigenvalue weighted by molar-refractivity contribution is 5.90. The van der Waals surface area contributed by atoms with Gasteiger partial charge in [0.25, 0.3) is 0 Å². The fraction of sp³-hybridized carbons (Fsp3) is 0.182. The number of primary amides is 1. The van der Waals surface area contributed by atoms with E-state index >= 15 is 0 Å². The van der Waals surface area contributed by atoms with E-state index in [9.17, 15) is 4.79 Å². The number of para-hydroxylation sites is 1. The summed E-state index contributed by atoms with van der Waals surface area (Å²) in [6, 6.07) is 7.87. The molecule has 0 aliphatic heterocycles. The number of rotatable bonds is 2. The Hall–Kier alpha value is -1.77. The quantitative estimate of drug-likeness (QED) is 0.741. The number of hydrogen-bond donors (Lipinski definition) is 2. The van der Waals surface area contributed by atoms with E-state index in [2.05, 4.69) is 4.98 Å². The number of carbonyl (C=O) groups is 1. The van der Waals surface area contributed by atoms with Crippen molar-refractivity contribution in [3.8, 4) is 0 Å². The molecule has 1 aromatic carbocycles. The number of aromatic amines is 1. The maximum Gasteiger partial charge on any atom is 0.224 e. The largest absolute Gasteiger partial charge is 0.369 e. The Balaban J connectivity index is 2.58. The van der Waals surface area contributed by atoms with Crippen LogP contribution in [0.5, 0.6) is 0 Å². The molecule has 14 heavy (non-hydrogen) atoms. The number of hydrogen-bond acceptors (Lipinski definition) is 1. The second kappa shape index (κ2) is 3.18. The Kier molecular flexibility index (Phi) is 2.00. The molecule has 0 saturated heterocycles. The Bertz CT molecular complexity index is 473. The van der Waals surface area contributed by atoms with Crippen LogP contribution in [0.25, 0.3) is 10.9 Å². The summed E-state index contributed by atoms with van der Waals surface area (Å²) in [5.41, 5.74) is 7.27. The monoisotopic (exact) mass is 188 g/mol. The normalized spacial score (nSPS) is 12.9. The van der Waals surface area contributed by atoms with Crippen LogP contribution in [0.3, 0.4) is 0 Å². The van der Waals surface area contributed by atoms with Crippen molar-refractivity contribution in [2.45, 2.75) is 12.8 Å². The summed E-state index contributed by atoms with van der Waals surface area (Å²) in [6.45, 7) is 1.82. The van der Waals surface area contributed by atoms with Gasteiger partial charge in [-0.25, -0.2) is 0 Å². The van der Waals surface area contributed by atoms with Gasteiger partial charge in [0.1, 0.15) is 0 Å². The third-order valence-electron chi connectivity index (χ3n) is 2.51. The smallest absolute Gasteiger partial charge is 0.224 e. The number of amides is 1. The summed E-state index contributed by atoms with van der Waals surface area (Å²) in [4.78, 5) is 14.2. The number of H-pyrrole nitrogens is 1. The summed E-state index contributed by atoms with van der Waals surface area (Å²) < 4.78 is 0. The second-order valence-corrected chi connectivity index (χ2v) is 3.41. The molecule has 1 aromatic heterocycles. The fourth-order valence-corrected chi connectivity index (χ4v) is 1.61. The highest BCUT2D eigenvalue weighted by Gasteiger charge is 2.15. The average molecular weight is 188 g/mol. The fourth-order valence-electron chi connectivity index (χ4n) is 1.61. The van der Waals surface area contributed by atoms with Crippen molar-refractivity contribution >= 4 is 16.8 Å². The lowest BCUT2D eigenvalue weighted by atomic mass is 10.0. The van der Waals surface area contributed by atoms with Crippen molar-refractivity contribution in [2.24, 2.45) is 5.73 Å². The van der Waals surface area contributed by atoms with Crippen LogP contribution in [0.4, 0.5) is 0 Å². The van der Waals surface area contributed by atoms with E-state index in [1.165, 1.54) is 0 Å². The van der Waals surface area contributed by atoms with Gasteiger partial charge in [-0.05, 0) is 18.6 Å². The number of nitrogens with two attached hydrogens (primary N) is 1. The molecular weight excluding hydrogens is 176 g/mol. The van der Waals surface area contributed by atoms with E-state index in [1.54, 1.807) is 0 Å². The van der Waals surface area contributed by atoms with Gasteiger partial charge in [-0.1, -0.05) is 18.2 Å². The summed E-state index contributed by atoms with van der Waals surface area (Å²) in [5, 5.41) is 1.07. The third kappa shape index (κ3) is 1.27. The average Bonchev–Trinajstić information content (AvgIpc) is 2.60. The van der Waals surface area contributed by atoms with Crippen LogP contribution in [-0.4, -0.2) is 10.9 Å². The molecule has 1 amide bonds. The van der Waals surface area contributed by atoms with E-state index in [0.29, 0.717) is 0 Å². The SMILES string of the molecule is CC(C(N)=O)c1c[nH]c2ccccc12. The molecule has 0 radical (unpaired) electrons. The third-order valence-corrected chi connectivity index (χ3v) is 2.51. The summed E-state index contributed by atoms with van der Waals surface area (Å²) in [6.07, 6.45) is 1.85. The van der Waals surface area contributed by atoms with Gasteiger partial charge in [0.05, 0.1) is 5.92 Å². The van der Waals surface area contributed by atoms with E-state index in [0.717, 1.165) is 16.5 Å². The van der Waals surface area contributed by atoms with Crippen LogP contribution in [0.15, 0.2) is 30.5 Å². The molecule has 2 aromatic rings. The van der Waals surface area contributed by atoms with Crippen molar-refractivity contribution in [3.63, 3.8) is 0 Å². The predicted octanol–water partition coefficient (Wildman–Crippen LogP) is 1.76. The van der Waals surface area contributed by atoms with Crippen molar-refractivity contribution in [3.05, 3.63) is 36.0 Å². The molecule has 1 unspecified atom stereocenters. The highest BCUT2D eigenvalue weighted by Crippen LogP contribution is 2.24. The molecule has 2 rings (SSSR count). The number of nitrogens with one attached hydrogen (secondary N) is 1. The number of fused-ring (bicyclic) bond motifs is 1. The standard InChI is InChI=1S/C11H12N2O/c1-7(11(12)14)9-6-13-10-5-3-2-4-8(9)10/h2-7,13H,1H3,(H2,12,14). The van der Waals surface area contributed by atoms with Crippen molar-refractivity contribution in [2.75, 3.05) is 0 Å². The number of aromatic nitrogens is 1. The van der Waals surface area contributed by atoms with Crippen LogP contribution in [-0.2, 0) is 4.79 Å². The first-order chi connectivity index (χ1) is 6.70. The highest BCUT2D eigenvalue weighted by atomic mass is 16.1. The molecule has 0 aliphatic carbocycles. The predicted molar refractivity (Wildman–Crippen MR) is 55.9 cm³/mol. The van der Waals surface area contributed by atoms with Crippen LogP contribution >= 0.6 is 0 Å². The molecule has 72 valence electrons. The topological polar surface area (TPSA) is 58.9 Å². The molecule has 3 heteroatoms. The molecule has 0 bridgehead atoms. The maximum atomic E-state index is 11.0. The molecule has 1 atom stereocenters.